The molecule has 0 saturated carbocycles. The van der Waals surface area contributed by atoms with Crippen molar-refractivity contribution in [2.75, 3.05) is 25.1 Å². The number of benzene rings is 2. The van der Waals surface area contributed by atoms with Crippen molar-refractivity contribution in [1.29, 1.82) is 0 Å². The van der Waals surface area contributed by atoms with Crippen LogP contribution in [0.5, 0.6) is 0 Å². The highest BCUT2D eigenvalue weighted by atomic mass is 16.5. The summed E-state index contributed by atoms with van der Waals surface area (Å²) in [5.74, 6) is 0.756. The molecule has 0 bridgehead atoms. The maximum absolute atomic E-state index is 9.86. The highest BCUT2D eigenvalue weighted by Gasteiger charge is 2.34. The Labute approximate surface area is 172 Å². The van der Waals surface area contributed by atoms with Gasteiger partial charge < -0.3 is 20.5 Å². The van der Waals surface area contributed by atoms with Gasteiger partial charge in [0.05, 0.1) is 12.1 Å². The zero-order valence-corrected chi connectivity index (χ0v) is 16.9. The van der Waals surface area contributed by atoms with Gasteiger partial charge in [0, 0.05) is 42.3 Å². The van der Waals surface area contributed by atoms with Gasteiger partial charge in [-0.25, -0.2) is 4.98 Å². The lowest BCUT2D eigenvalue weighted by atomic mass is 9.88. The Kier molecular flexibility index (Phi) is 6.09. The molecule has 1 unspecified atom stereocenters. The summed E-state index contributed by atoms with van der Waals surface area (Å²) < 4.78 is 5.64. The molecule has 3 aromatic rings. The van der Waals surface area contributed by atoms with Crippen molar-refractivity contribution in [3.63, 3.8) is 0 Å². The summed E-state index contributed by atoms with van der Waals surface area (Å²) in [4.78, 5) is 4.77. The lowest BCUT2D eigenvalue weighted by Gasteiger charge is -2.41. The van der Waals surface area contributed by atoms with E-state index in [2.05, 4.69) is 41.8 Å². The van der Waals surface area contributed by atoms with E-state index in [9.17, 15) is 5.11 Å². The van der Waals surface area contributed by atoms with Crippen molar-refractivity contribution in [2.45, 2.75) is 38.0 Å². The van der Waals surface area contributed by atoms with Gasteiger partial charge in [-0.05, 0) is 37.5 Å². The van der Waals surface area contributed by atoms with Crippen molar-refractivity contribution >= 4 is 16.7 Å². The Bertz CT molecular complexity index is 939. The first kappa shape index (κ1) is 19.8. The summed E-state index contributed by atoms with van der Waals surface area (Å²) >= 11 is 0. The molecule has 1 aliphatic heterocycles. The van der Waals surface area contributed by atoms with Gasteiger partial charge in [0.2, 0.25) is 0 Å². The zero-order valence-electron chi connectivity index (χ0n) is 16.9. The number of ether oxygens (including phenoxy) is 1. The predicted octanol–water partition coefficient (Wildman–Crippen LogP) is 4.04. The molecule has 1 saturated heterocycles. The van der Waals surface area contributed by atoms with E-state index in [0.29, 0.717) is 0 Å². The monoisotopic (exact) mass is 391 g/mol. The van der Waals surface area contributed by atoms with E-state index in [1.165, 1.54) is 5.56 Å². The van der Waals surface area contributed by atoms with Crippen LogP contribution < -0.4 is 10.6 Å². The molecule has 29 heavy (non-hydrogen) atoms. The molecule has 0 aliphatic carbocycles. The van der Waals surface area contributed by atoms with Gasteiger partial charge in [-0.1, -0.05) is 48.5 Å². The smallest absolute Gasteiger partial charge is 0.132 e. The van der Waals surface area contributed by atoms with Crippen LogP contribution in [-0.4, -0.2) is 35.4 Å². The molecule has 2 heterocycles. The average molecular weight is 392 g/mol. The number of aliphatic hydroxyl groups is 1. The number of nitrogens with zero attached hydrogens (tertiary/aromatic N) is 1. The maximum atomic E-state index is 9.86. The first-order valence-electron chi connectivity index (χ1n) is 10.3. The number of rotatable bonds is 7. The van der Waals surface area contributed by atoms with E-state index in [1.54, 1.807) is 0 Å². The lowest BCUT2D eigenvalue weighted by molar-refractivity contribution is 0.0389. The minimum absolute atomic E-state index is 0.0376. The molecule has 4 rings (SSSR count). The van der Waals surface area contributed by atoms with Crippen LogP contribution in [0, 0.1) is 0 Å². The van der Waals surface area contributed by atoms with Crippen LogP contribution in [0.15, 0.2) is 60.7 Å². The second-order valence-electron chi connectivity index (χ2n) is 7.87. The number of hydrogen-bond donors (Lipinski definition) is 3. The Hall–Kier alpha value is -2.47. The van der Waals surface area contributed by atoms with Gasteiger partial charge in [-0.3, -0.25) is 0 Å². The number of aliphatic hydroxyl groups excluding tert-OH is 1. The molecule has 3 N–H and O–H groups in total. The molecule has 1 aliphatic rings. The topological polar surface area (TPSA) is 66.4 Å². The summed E-state index contributed by atoms with van der Waals surface area (Å²) in [6.07, 6.45) is 1.86. The number of para-hydroxylation sites is 1. The first-order chi connectivity index (χ1) is 14.2. The van der Waals surface area contributed by atoms with Gasteiger partial charge in [-0.15, -0.1) is 0 Å². The van der Waals surface area contributed by atoms with Gasteiger partial charge in [0.15, 0.2) is 0 Å². The number of aromatic nitrogens is 1. The SMILES string of the molecule is CC(NC1(CNc2nc3ccccc3cc2CO)CCOCC1)c1ccccc1. The van der Waals surface area contributed by atoms with Crippen LogP contribution in [0.1, 0.15) is 36.9 Å². The molecular weight excluding hydrogens is 362 g/mol. The fourth-order valence-corrected chi connectivity index (χ4v) is 4.10. The van der Waals surface area contributed by atoms with E-state index >= 15 is 0 Å². The number of nitrogens with one attached hydrogen (secondary N) is 2. The van der Waals surface area contributed by atoms with E-state index in [-0.39, 0.29) is 18.2 Å². The molecule has 0 spiro atoms. The minimum Gasteiger partial charge on any atom is -0.392 e. The normalized spacial score (nSPS) is 17.2. The molecule has 0 amide bonds. The first-order valence-corrected chi connectivity index (χ1v) is 10.3. The van der Waals surface area contributed by atoms with Crippen molar-refractivity contribution in [1.82, 2.24) is 10.3 Å². The second-order valence-corrected chi connectivity index (χ2v) is 7.87. The number of anilines is 1. The van der Waals surface area contributed by atoms with E-state index in [1.807, 2.05) is 36.4 Å². The summed E-state index contributed by atoms with van der Waals surface area (Å²) in [5.41, 5.74) is 2.94. The molecular formula is C24H29N3O2. The molecule has 1 aromatic heterocycles. The summed E-state index contributed by atoms with van der Waals surface area (Å²) in [6, 6.07) is 20.8. The van der Waals surface area contributed by atoms with Crippen molar-refractivity contribution in [3.8, 4) is 0 Å². The number of pyridine rings is 1. The quantitative estimate of drug-likeness (QED) is 0.567. The predicted molar refractivity (Wildman–Crippen MR) is 117 cm³/mol. The summed E-state index contributed by atoms with van der Waals surface area (Å²) in [5, 5.41) is 18.3. The molecule has 1 fully saturated rings. The Morgan fingerprint density at radius 1 is 1.07 bits per heavy atom. The standard InChI is InChI=1S/C24H29N3O2/c1-18(19-7-3-2-4-8-19)27-24(11-13-29-14-12-24)17-25-23-21(16-28)15-20-9-5-6-10-22(20)26-23/h2-10,15,18,27-28H,11-14,16-17H2,1H3,(H,25,26). The number of fused-ring (bicyclic) bond motifs is 1. The van der Waals surface area contributed by atoms with Crippen LogP contribution in [0.3, 0.4) is 0 Å². The van der Waals surface area contributed by atoms with Crippen LogP contribution in [0.2, 0.25) is 0 Å². The third-order valence-electron chi connectivity index (χ3n) is 5.84. The summed E-state index contributed by atoms with van der Waals surface area (Å²) in [7, 11) is 0. The van der Waals surface area contributed by atoms with Crippen LogP contribution in [0.25, 0.3) is 10.9 Å². The minimum atomic E-state index is -0.0897. The maximum Gasteiger partial charge on any atom is 0.132 e. The Morgan fingerprint density at radius 3 is 2.55 bits per heavy atom. The fraction of sp³-hybridized carbons (Fsp3) is 0.375. The van der Waals surface area contributed by atoms with Crippen LogP contribution in [0.4, 0.5) is 5.82 Å². The van der Waals surface area contributed by atoms with Crippen molar-refractivity contribution in [3.05, 3.63) is 71.8 Å². The number of hydrogen-bond acceptors (Lipinski definition) is 5. The molecule has 2 aromatic carbocycles. The van der Waals surface area contributed by atoms with Gasteiger partial charge in [0.1, 0.15) is 5.82 Å². The lowest BCUT2D eigenvalue weighted by Crippen LogP contribution is -2.54. The third kappa shape index (κ3) is 4.58. The molecule has 0 radical (unpaired) electrons. The Balaban J connectivity index is 1.55. The van der Waals surface area contributed by atoms with Crippen molar-refractivity contribution in [2.24, 2.45) is 0 Å². The highest BCUT2D eigenvalue weighted by molar-refractivity contribution is 5.81. The van der Waals surface area contributed by atoms with Crippen molar-refractivity contribution < 1.29 is 9.84 Å². The molecule has 1 atom stereocenters. The second kappa shape index (κ2) is 8.91. The molecule has 152 valence electrons. The van der Waals surface area contributed by atoms with E-state index < -0.39 is 0 Å². The van der Waals surface area contributed by atoms with E-state index in [4.69, 9.17) is 9.72 Å². The van der Waals surface area contributed by atoms with E-state index in [0.717, 1.165) is 54.9 Å². The Morgan fingerprint density at radius 2 is 1.79 bits per heavy atom. The van der Waals surface area contributed by atoms with Gasteiger partial charge in [0.25, 0.3) is 0 Å². The highest BCUT2D eigenvalue weighted by Crippen LogP contribution is 2.27. The molecule has 5 nitrogen and oxygen atoms in total. The van der Waals surface area contributed by atoms with Crippen LogP contribution >= 0.6 is 0 Å². The zero-order chi connectivity index (χ0) is 20.1. The largest absolute Gasteiger partial charge is 0.392 e. The van der Waals surface area contributed by atoms with Gasteiger partial charge >= 0.3 is 0 Å². The molecule has 5 heteroatoms. The third-order valence-corrected chi connectivity index (χ3v) is 5.84. The summed E-state index contributed by atoms with van der Waals surface area (Å²) in [6.45, 7) is 4.39. The van der Waals surface area contributed by atoms with Gasteiger partial charge in [-0.2, -0.15) is 0 Å². The average Bonchev–Trinajstić information content (AvgIpc) is 2.78. The fourth-order valence-electron chi connectivity index (χ4n) is 4.10. The van der Waals surface area contributed by atoms with Crippen LogP contribution in [-0.2, 0) is 11.3 Å².